The van der Waals surface area contributed by atoms with Crippen LogP contribution in [0, 0.1) is 13.8 Å². The quantitative estimate of drug-likeness (QED) is 0.567. The smallest absolute Gasteiger partial charge is 0.339 e. The van der Waals surface area contributed by atoms with Crippen molar-refractivity contribution in [3.8, 4) is 0 Å². The van der Waals surface area contributed by atoms with E-state index in [1.807, 2.05) is 27.0 Å². The highest BCUT2D eigenvalue weighted by Gasteiger charge is 2.22. The summed E-state index contributed by atoms with van der Waals surface area (Å²) in [5, 5.41) is 1.81. The Hall–Kier alpha value is -3.13. The van der Waals surface area contributed by atoms with Gasteiger partial charge >= 0.3 is 5.63 Å². The van der Waals surface area contributed by atoms with Crippen LogP contribution in [0.2, 0.25) is 0 Å². The van der Waals surface area contributed by atoms with Crippen LogP contribution in [0.15, 0.2) is 32.0 Å². The van der Waals surface area contributed by atoms with Crippen LogP contribution in [0.1, 0.15) is 23.1 Å². The zero-order valence-electron chi connectivity index (χ0n) is 19.1. The molecule has 0 aliphatic carbocycles. The maximum Gasteiger partial charge on any atom is 0.339 e. The number of piperazine rings is 1. The third kappa shape index (κ3) is 4.27. The molecule has 3 aromatic rings. The first-order valence-corrected chi connectivity index (χ1v) is 10.9. The third-order valence-corrected chi connectivity index (χ3v) is 6.42. The van der Waals surface area contributed by atoms with Gasteiger partial charge in [-0.2, -0.15) is 0 Å². The van der Waals surface area contributed by atoms with Gasteiger partial charge in [0.25, 0.3) is 0 Å². The van der Waals surface area contributed by atoms with Crippen LogP contribution in [0.5, 0.6) is 0 Å². The van der Waals surface area contributed by atoms with Crippen LogP contribution in [-0.4, -0.2) is 73.3 Å². The van der Waals surface area contributed by atoms with Crippen molar-refractivity contribution in [3.63, 3.8) is 0 Å². The van der Waals surface area contributed by atoms with Gasteiger partial charge in [0, 0.05) is 62.0 Å². The Balaban J connectivity index is 1.45. The number of hydrogen-bond donors (Lipinski definition) is 0. The van der Waals surface area contributed by atoms with Gasteiger partial charge in [0.15, 0.2) is 0 Å². The van der Waals surface area contributed by atoms with Crippen molar-refractivity contribution < 1.29 is 18.4 Å². The number of fused-ring (bicyclic) bond motifs is 2. The van der Waals surface area contributed by atoms with Gasteiger partial charge in [-0.1, -0.05) is 0 Å². The van der Waals surface area contributed by atoms with Crippen molar-refractivity contribution in [2.24, 2.45) is 0 Å². The molecule has 0 N–H and O–H groups in total. The van der Waals surface area contributed by atoms with Crippen molar-refractivity contribution in [3.05, 3.63) is 45.5 Å². The molecule has 0 unspecified atom stereocenters. The summed E-state index contributed by atoms with van der Waals surface area (Å²) < 4.78 is 11.0. The standard InChI is InChI=1S/C24H29N3O5/c1-15-14-31-20-12-21-19(11-18(15)20)16(2)17(24(30)32-21)5-6-22(28)26(4)13-23(29)27-9-7-25(3)8-10-27/h11-12,14H,5-10,13H2,1-4H3. The molecular weight excluding hydrogens is 410 g/mol. The summed E-state index contributed by atoms with van der Waals surface area (Å²) in [5.41, 5.74) is 3.01. The Labute approximate surface area is 186 Å². The van der Waals surface area contributed by atoms with Crippen LogP contribution in [0.25, 0.3) is 21.9 Å². The summed E-state index contributed by atoms with van der Waals surface area (Å²) in [4.78, 5) is 43.2. The molecule has 0 radical (unpaired) electrons. The van der Waals surface area contributed by atoms with E-state index in [9.17, 15) is 14.4 Å². The van der Waals surface area contributed by atoms with E-state index in [2.05, 4.69) is 4.90 Å². The van der Waals surface area contributed by atoms with Gasteiger partial charge in [-0.25, -0.2) is 4.79 Å². The lowest BCUT2D eigenvalue weighted by Gasteiger charge is -2.33. The predicted octanol–water partition coefficient (Wildman–Crippen LogP) is 2.32. The summed E-state index contributed by atoms with van der Waals surface area (Å²) in [5.74, 6) is -0.220. The van der Waals surface area contributed by atoms with Gasteiger partial charge in [-0.05, 0) is 44.5 Å². The van der Waals surface area contributed by atoms with Gasteiger partial charge in [0.2, 0.25) is 11.8 Å². The molecule has 170 valence electrons. The highest BCUT2D eigenvalue weighted by molar-refractivity contribution is 5.96. The minimum Gasteiger partial charge on any atom is -0.464 e. The average Bonchev–Trinajstić information content (AvgIpc) is 3.12. The average molecular weight is 440 g/mol. The molecule has 1 fully saturated rings. The Morgan fingerprint density at radius 1 is 1.06 bits per heavy atom. The monoisotopic (exact) mass is 439 g/mol. The molecular formula is C24H29N3O5. The first kappa shape index (κ1) is 22.1. The molecule has 0 atom stereocenters. The molecule has 1 aliphatic heterocycles. The summed E-state index contributed by atoms with van der Waals surface area (Å²) in [6.07, 6.45) is 2.07. The SMILES string of the molecule is Cc1coc2cc3oc(=O)c(CCC(=O)N(C)CC(=O)N4CCN(C)CC4)c(C)c3cc12. The summed E-state index contributed by atoms with van der Waals surface area (Å²) in [6.45, 7) is 6.92. The van der Waals surface area contributed by atoms with Crippen LogP contribution >= 0.6 is 0 Å². The number of amides is 2. The van der Waals surface area contributed by atoms with Crippen LogP contribution in [0.4, 0.5) is 0 Å². The molecule has 0 bridgehead atoms. The molecule has 0 saturated carbocycles. The van der Waals surface area contributed by atoms with E-state index in [4.69, 9.17) is 8.83 Å². The number of rotatable bonds is 5. The zero-order valence-corrected chi connectivity index (χ0v) is 19.1. The summed E-state index contributed by atoms with van der Waals surface area (Å²) in [6, 6.07) is 3.70. The molecule has 2 amide bonds. The summed E-state index contributed by atoms with van der Waals surface area (Å²) in [7, 11) is 3.66. The van der Waals surface area contributed by atoms with Crippen molar-refractivity contribution in [2.45, 2.75) is 26.7 Å². The van der Waals surface area contributed by atoms with Crippen LogP contribution in [0.3, 0.4) is 0 Å². The third-order valence-electron chi connectivity index (χ3n) is 6.42. The minimum absolute atomic E-state index is 0.0464. The number of hydrogen-bond acceptors (Lipinski definition) is 6. The number of nitrogens with zero attached hydrogens (tertiary/aromatic N) is 3. The second-order valence-electron chi connectivity index (χ2n) is 8.69. The lowest BCUT2D eigenvalue weighted by atomic mass is 10.0. The first-order chi connectivity index (χ1) is 15.2. The number of carbonyl (C=O) groups excluding carboxylic acids is 2. The zero-order chi connectivity index (χ0) is 23.0. The molecule has 0 spiro atoms. The molecule has 1 aliphatic rings. The Morgan fingerprint density at radius 3 is 2.50 bits per heavy atom. The van der Waals surface area contributed by atoms with Crippen molar-refractivity contribution in [2.75, 3.05) is 46.8 Å². The van der Waals surface area contributed by atoms with Gasteiger partial charge in [-0.15, -0.1) is 0 Å². The molecule has 3 heterocycles. The lowest BCUT2D eigenvalue weighted by Crippen LogP contribution is -2.50. The second-order valence-corrected chi connectivity index (χ2v) is 8.69. The number of likely N-dealkylation sites (N-methyl/N-ethyl adjacent to an activating group) is 2. The van der Waals surface area contributed by atoms with E-state index in [0.29, 0.717) is 29.8 Å². The summed E-state index contributed by atoms with van der Waals surface area (Å²) >= 11 is 0. The molecule has 8 heteroatoms. The van der Waals surface area contributed by atoms with E-state index < -0.39 is 5.63 Å². The molecule has 4 rings (SSSR count). The van der Waals surface area contributed by atoms with E-state index in [1.54, 1.807) is 24.3 Å². The van der Waals surface area contributed by atoms with Crippen molar-refractivity contribution in [1.29, 1.82) is 0 Å². The van der Waals surface area contributed by atoms with Gasteiger partial charge < -0.3 is 23.5 Å². The van der Waals surface area contributed by atoms with Crippen molar-refractivity contribution >= 4 is 33.8 Å². The number of aryl methyl sites for hydroxylation is 2. The first-order valence-electron chi connectivity index (χ1n) is 10.9. The highest BCUT2D eigenvalue weighted by atomic mass is 16.4. The maximum absolute atomic E-state index is 12.7. The minimum atomic E-state index is -0.443. The fourth-order valence-corrected chi connectivity index (χ4v) is 4.20. The van der Waals surface area contributed by atoms with Crippen LogP contribution < -0.4 is 5.63 Å². The van der Waals surface area contributed by atoms with Crippen LogP contribution in [-0.2, 0) is 16.0 Å². The van der Waals surface area contributed by atoms with E-state index in [-0.39, 0.29) is 31.2 Å². The Kier molecular flexibility index (Phi) is 6.06. The van der Waals surface area contributed by atoms with E-state index >= 15 is 0 Å². The Bertz CT molecular complexity index is 1230. The highest BCUT2D eigenvalue weighted by Crippen LogP contribution is 2.29. The topological polar surface area (TPSA) is 87.2 Å². The molecule has 2 aromatic heterocycles. The Morgan fingerprint density at radius 2 is 1.78 bits per heavy atom. The number of benzene rings is 1. The van der Waals surface area contributed by atoms with Gasteiger partial charge in [-0.3, -0.25) is 9.59 Å². The van der Waals surface area contributed by atoms with E-state index in [1.165, 1.54) is 4.90 Å². The fraction of sp³-hybridized carbons (Fsp3) is 0.458. The largest absolute Gasteiger partial charge is 0.464 e. The second kappa shape index (κ2) is 8.78. The van der Waals surface area contributed by atoms with E-state index in [0.717, 1.165) is 35.0 Å². The normalized spacial score (nSPS) is 14.9. The predicted molar refractivity (Wildman–Crippen MR) is 122 cm³/mol. The van der Waals surface area contributed by atoms with Crippen molar-refractivity contribution in [1.82, 2.24) is 14.7 Å². The van der Waals surface area contributed by atoms with Gasteiger partial charge in [0.1, 0.15) is 11.2 Å². The molecule has 1 aromatic carbocycles. The van der Waals surface area contributed by atoms with Gasteiger partial charge in [0.05, 0.1) is 12.8 Å². The maximum atomic E-state index is 12.7. The number of carbonyl (C=O) groups is 2. The molecule has 8 nitrogen and oxygen atoms in total. The number of furan rings is 1. The fourth-order valence-electron chi connectivity index (χ4n) is 4.20. The molecule has 32 heavy (non-hydrogen) atoms. The molecule has 1 saturated heterocycles. The lowest BCUT2D eigenvalue weighted by molar-refractivity contribution is -0.140.